The average Bonchev–Trinajstić information content (AvgIpc) is 3.09. The van der Waals surface area contributed by atoms with Crippen molar-refractivity contribution in [3.63, 3.8) is 0 Å². The van der Waals surface area contributed by atoms with Gasteiger partial charge < -0.3 is 10.4 Å². The van der Waals surface area contributed by atoms with E-state index in [-0.39, 0.29) is 6.04 Å². The minimum atomic E-state index is -0.725. The molecule has 1 heterocycles. The van der Waals surface area contributed by atoms with Crippen LogP contribution in [0.2, 0.25) is 0 Å². The number of carboxylic acid groups (broad SMARTS) is 1. The van der Waals surface area contributed by atoms with Crippen LogP contribution in [0.1, 0.15) is 26.2 Å². The van der Waals surface area contributed by atoms with Crippen LogP contribution >= 0.6 is 11.3 Å². The third-order valence-corrected chi connectivity index (χ3v) is 5.09. The van der Waals surface area contributed by atoms with Crippen molar-refractivity contribution in [2.45, 2.75) is 32.2 Å². The fourth-order valence-corrected chi connectivity index (χ4v) is 3.66. The van der Waals surface area contributed by atoms with Gasteiger partial charge in [0.1, 0.15) is 0 Å². The Morgan fingerprint density at radius 1 is 1.43 bits per heavy atom. The number of aromatic nitrogens is 1. The van der Waals surface area contributed by atoms with Crippen LogP contribution in [-0.2, 0) is 4.79 Å². The van der Waals surface area contributed by atoms with Gasteiger partial charge in [-0.15, -0.1) is 11.3 Å². The van der Waals surface area contributed by atoms with Gasteiger partial charge in [0.25, 0.3) is 0 Å². The van der Waals surface area contributed by atoms with E-state index in [0.717, 1.165) is 35.7 Å². The Balaban J connectivity index is 1.77. The first-order valence-corrected chi connectivity index (χ1v) is 7.98. The summed E-state index contributed by atoms with van der Waals surface area (Å²) in [6.07, 6.45) is 2.54. The molecule has 4 nitrogen and oxygen atoms in total. The molecule has 1 aliphatic rings. The number of benzene rings is 1. The summed E-state index contributed by atoms with van der Waals surface area (Å²) in [7, 11) is 0. The van der Waals surface area contributed by atoms with Crippen molar-refractivity contribution < 1.29 is 9.90 Å². The number of carbonyl (C=O) groups is 1. The first-order valence-electron chi connectivity index (χ1n) is 7.10. The van der Waals surface area contributed by atoms with Crippen molar-refractivity contribution in [3.05, 3.63) is 35.7 Å². The predicted molar refractivity (Wildman–Crippen MR) is 84.6 cm³/mol. The highest BCUT2D eigenvalue weighted by Gasteiger charge is 2.45. The monoisotopic (exact) mass is 302 g/mol. The van der Waals surface area contributed by atoms with Crippen molar-refractivity contribution in [2.75, 3.05) is 5.32 Å². The second-order valence-corrected chi connectivity index (χ2v) is 6.57. The molecule has 1 saturated carbocycles. The number of thiazole rings is 1. The molecule has 1 aromatic carbocycles. The van der Waals surface area contributed by atoms with Crippen LogP contribution in [0.5, 0.6) is 0 Å². The van der Waals surface area contributed by atoms with E-state index in [4.69, 9.17) is 0 Å². The molecule has 3 rings (SSSR count). The highest BCUT2D eigenvalue weighted by molar-refractivity contribution is 7.14. The Hall–Kier alpha value is -1.88. The van der Waals surface area contributed by atoms with E-state index in [1.165, 1.54) is 11.3 Å². The van der Waals surface area contributed by atoms with Crippen LogP contribution in [0.3, 0.4) is 0 Å². The summed E-state index contributed by atoms with van der Waals surface area (Å²) in [5.74, 6) is -0.725. The zero-order chi connectivity index (χ0) is 14.9. The molecule has 21 heavy (non-hydrogen) atoms. The summed E-state index contributed by atoms with van der Waals surface area (Å²) < 4.78 is 0. The van der Waals surface area contributed by atoms with E-state index >= 15 is 0 Å². The van der Waals surface area contributed by atoms with Gasteiger partial charge in [0.2, 0.25) is 0 Å². The van der Waals surface area contributed by atoms with Crippen LogP contribution in [0, 0.1) is 5.41 Å². The second kappa shape index (κ2) is 5.48. The van der Waals surface area contributed by atoms with E-state index in [2.05, 4.69) is 10.3 Å². The number of hydrogen-bond acceptors (Lipinski definition) is 4. The highest BCUT2D eigenvalue weighted by Crippen LogP contribution is 2.40. The fourth-order valence-electron chi connectivity index (χ4n) is 2.88. The molecular weight excluding hydrogens is 284 g/mol. The van der Waals surface area contributed by atoms with E-state index in [1.807, 2.05) is 42.6 Å². The van der Waals surface area contributed by atoms with Crippen LogP contribution < -0.4 is 5.32 Å². The lowest BCUT2D eigenvalue weighted by Crippen LogP contribution is -2.40. The SMILES string of the molecule is CC1(C(=O)O)CCCC1Nc1nc(-c2ccccc2)cs1. The Bertz CT molecular complexity index is 641. The molecule has 1 aliphatic carbocycles. The maximum atomic E-state index is 11.5. The molecule has 2 N–H and O–H groups in total. The quantitative estimate of drug-likeness (QED) is 0.900. The van der Waals surface area contributed by atoms with Crippen LogP contribution in [0.4, 0.5) is 5.13 Å². The van der Waals surface area contributed by atoms with Crippen molar-refractivity contribution in [3.8, 4) is 11.3 Å². The van der Waals surface area contributed by atoms with E-state index in [0.29, 0.717) is 0 Å². The zero-order valence-electron chi connectivity index (χ0n) is 11.9. The number of carboxylic acids is 1. The molecule has 0 bridgehead atoms. The largest absolute Gasteiger partial charge is 0.481 e. The Labute approximate surface area is 127 Å². The molecule has 0 amide bonds. The third-order valence-electron chi connectivity index (χ3n) is 4.32. The van der Waals surface area contributed by atoms with Crippen molar-refractivity contribution in [1.29, 1.82) is 0 Å². The molecule has 2 unspecified atom stereocenters. The molecule has 2 aromatic rings. The topological polar surface area (TPSA) is 62.2 Å². The van der Waals surface area contributed by atoms with Gasteiger partial charge in [-0.3, -0.25) is 4.79 Å². The van der Waals surface area contributed by atoms with Gasteiger partial charge in [-0.25, -0.2) is 4.98 Å². The number of nitrogens with one attached hydrogen (secondary N) is 1. The van der Waals surface area contributed by atoms with Gasteiger partial charge >= 0.3 is 5.97 Å². The van der Waals surface area contributed by atoms with Gasteiger partial charge in [-0.1, -0.05) is 36.8 Å². The van der Waals surface area contributed by atoms with E-state index in [1.54, 1.807) is 0 Å². The first-order chi connectivity index (χ1) is 10.1. The Morgan fingerprint density at radius 3 is 2.90 bits per heavy atom. The maximum Gasteiger partial charge on any atom is 0.311 e. The molecular formula is C16H18N2O2S. The maximum absolute atomic E-state index is 11.5. The lowest BCUT2D eigenvalue weighted by Gasteiger charge is -2.27. The summed E-state index contributed by atoms with van der Waals surface area (Å²) in [5, 5.41) is 15.6. The highest BCUT2D eigenvalue weighted by atomic mass is 32.1. The van der Waals surface area contributed by atoms with E-state index in [9.17, 15) is 9.90 Å². The fraction of sp³-hybridized carbons (Fsp3) is 0.375. The number of aliphatic carboxylic acids is 1. The minimum absolute atomic E-state index is 0.0511. The minimum Gasteiger partial charge on any atom is -0.481 e. The predicted octanol–water partition coefficient (Wildman–Crippen LogP) is 3.87. The summed E-state index contributed by atoms with van der Waals surface area (Å²) in [6, 6.07) is 9.95. The van der Waals surface area contributed by atoms with Gasteiger partial charge in [-0.05, 0) is 19.8 Å². The van der Waals surface area contributed by atoms with Gasteiger partial charge in [0, 0.05) is 17.0 Å². The summed E-state index contributed by atoms with van der Waals surface area (Å²) in [6.45, 7) is 1.83. The van der Waals surface area contributed by atoms with Crippen molar-refractivity contribution >= 4 is 22.4 Å². The average molecular weight is 302 g/mol. The van der Waals surface area contributed by atoms with Crippen LogP contribution in [0.15, 0.2) is 35.7 Å². The zero-order valence-corrected chi connectivity index (χ0v) is 12.7. The molecule has 1 fully saturated rings. The van der Waals surface area contributed by atoms with Gasteiger partial charge in [0.15, 0.2) is 5.13 Å². The Morgan fingerprint density at radius 2 is 2.19 bits per heavy atom. The number of hydrogen-bond donors (Lipinski definition) is 2. The van der Waals surface area contributed by atoms with Crippen LogP contribution in [-0.4, -0.2) is 22.1 Å². The molecule has 0 spiro atoms. The normalized spacial score (nSPS) is 24.9. The first kappa shape index (κ1) is 14.1. The molecule has 110 valence electrons. The van der Waals surface area contributed by atoms with Crippen molar-refractivity contribution in [2.24, 2.45) is 5.41 Å². The second-order valence-electron chi connectivity index (χ2n) is 5.72. The molecule has 0 aliphatic heterocycles. The Kier molecular flexibility index (Phi) is 3.68. The molecule has 0 saturated heterocycles. The standard InChI is InChI=1S/C16H18N2O2S/c1-16(14(19)20)9-5-8-13(16)18-15-17-12(10-21-15)11-6-3-2-4-7-11/h2-4,6-7,10,13H,5,8-9H2,1H3,(H,17,18)(H,19,20). The molecule has 0 radical (unpaired) electrons. The van der Waals surface area contributed by atoms with E-state index < -0.39 is 11.4 Å². The lowest BCUT2D eigenvalue weighted by atomic mass is 9.85. The third kappa shape index (κ3) is 2.65. The summed E-state index contributed by atoms with van der Waals surface area (Å²) in [4.78, 5) is 16.1. The lowest BCUT2D eigenvalue weighted by molar-refractivity contribution is -0.147. The number of nitrogens with zero attached hydrogens (tertiary/aromatic N) is 1. The smallest absolute Gasteiger partial charge is 0.311 e. The molecule has 5 heteroatoms. The summed E-state index contributed by atoms with van der Waals surface area (Å²) in [5.41, 5.74) is 1.31. The van der Waals surface area contributed by atoms with Crippen molar-refractivity contribution in [1.82, 2.24) is 4.98 Å². The number of anilines is 1. The van der Waals surface area contributed by atoms with Gasteiger partial charge in [-0.2, -0.15) is 0 Å². The molecule has 1 aromatic heterocycles. The molecule has 2 atom stereocenters. The van der Waals surface area contributed by atoms with Crippen LogP contribution in [0.25, 0.3) is 11.3 Å². The summed E-state index contributed by atoms with van der Waals surface area (Å²) >= 11 is 1.53. The van der Waals surface area contributed by atoms with Gasteiger partial charge in [0.05, 0.1) is 11.1 Å². The number of rotatable bonds is 4.